The van der Waals surface area contributed by atoms with E-state index in [-0.39, 0.29) is 17.8 Å². The number of hydrogen-bond acceptors (Lipinski definition) is 3. The Kier molecular flexibility index (Phi) is 14.2. The minimum atomic E-state index is -0.0485. The lowest BCUT2D eigenvalue weighted by molar-refractivity contribution is -0.151. The molecular formula is C23H43NO3. The van der Waals surface area contributed by atoms with Crippen molar-refractivity contribution >= 4 is 11.9 Å². The summed E-state index contributed by atoms with van der Waals surface area (Å²) in [6, 6.07) is 0. The number of rotatable bonds is 15. The van der Waals surface area contributed by atoms with E-state index in [4.69, 9.17) is 4.74 Å². The summed E-state index contributed by atoms with van der Waals surface area (Å²) in [6.45, 7) is 6.42. The van der Waals surface area contributed by atoms with Gasteiger partial charge in [-0.05, 0) is 25.7 Å². The molecule has 0 saturated carbocycles. The highest BCUT2D eigenvalue weighted by Gasteiger charge is 2.27. The van der Waals surface area contributed by atoms with E-state index >= 15 is 0 Å². The topological polar surface area (TPSA) is 46.6 Å². The van der Waals surface area contributed by atoms with Crippen LogP contribution in [0.25, 0.3) is 0 Å². The van der Waals surface area contributed by atoms with E-state index in [1.807, 2.05) is 4.90 Å². The first-order valence-corrected chi connectivity index (χ1v) is 11.6. The Hall–Kier alpha value is -1.06. The molecule has 0 aromatic carbocycles. The Morgan fingerprint density at radius 1 is 0.778 bits per heavy atom. The molecule has 0 bridgehead atoms. The molecule has 1 heterocycles. The summed E-state index contributed by atoms with van der Waals surface area (Å²) in [5, 5.41) is 0. The summed E-state index contributed by atoms with van der Waals surface area (Å²) in [5.74, 6) is 0.206. The third-order valence-corrected chi connectivity index (χ3v) is 5.67. The number of unbranched alkanes of at least 4 members (excludes halogenated alkanes) is 10. The van der Waals surface area contributed by atoms with Crippen molar-refractivity contribution in [3.8, 4) is 0 Å². The van der Waals surface area contributed by atoms with E-state index in [9.17, 15) is 9.59 Å². The molecule has 158 valence electrons. The lowest BCUT2D eigenvalue weighted by Crippen LogP contribution is -2.40. The van der Waals surface area contributed by atoms with Crippen molar-refractivity contribution in [2.75, 3.05) is 19.7 Å². The molecule has 27 heavy (non-hydrogen) atoms. The zero-order valence-electron chi connectivity index (χ0n) is 18.0. The van der Waals surface area contributed by atoms with Crippen LogP contribution in [0, 0.1) is 5.92 Å². The number of likely N-dealkylation sites (tertiary alicyclic amines) is 1. The van der Waals surface area contributed by atoms with Crippen molar-refractivity contribution in [1.82, 2.24) is 4.90 Å². The molecule has 0 aliphatic carbocycles. The van der Waals surface area contributed by atoms with E-state index in [0.29, 0.717) is 26.1 Å². The maximum absolute atomic E-state index is 12.3. The molecule has 4 nitrogen and oxygen atoms in total. The Balaban J connectivity index is 2.04. The molecule has 0 aromatic heterocycles. The molecule has 1 rings (SSSR count). The van der Waals surface area contributed by atoms with Crippen molar-refractivity contribution in [3.63, 3.8) is 0 Å². The van der Waals surface area contributed by atoms with Crippen LogP contribution in [0.1, 0.15) is 110 Å². The van der Waals surface area contributed by atoms with Gasteiger partial charge in [-0.1, -0.05) is 78.1 Å². The van der Waals surface area contributed by atoms with Gasteiger partial charge in [-0.3, -0.25) is 9.59 Å². The molecule has 0 atom stereocenters. The molecule has 0 radical (unpaired) electrons. The highest BCUT2D eigenvalue weighted by atomic mass is 16.5. The highest BCUT2D eigenvalue weighted by Crippen LogP contribution is 2.20. The molecule has 0 unspecified atom stereocenters. The zero-order valence-corrected chi connectivity index (χ0v) is 18.0. The number of carbonyl (C=O) groups excluding carboxylic acids is 2. The summed E-state index contributed by atoms with van der Waals surface area (Å²) < 4.78 is 5.46. The molecule has 0 aromatic rings. The molecule has 0 N–H and O–H groups in total. The maximum Gasteiger partial charge on any atom is 0.309 e. The van der Waals surface area contributed by atoms with Crippen molar-refractivity contribution < 1.29 is 14.3 Å². The molecule has 1 fully saturated rings. The van der Waals surface area contributed by atoms with Gasteiger partial charge in [0.05, 0.1) is 12.5 Å². The van der Waals surface area contributed by atoms with E-state index in [2.05, 4.69) is 13.8 Å². The van der Waals surface area contributed by atoms with Crippen LogP contribution in [-0.4, -0.2) is 36.5 Å². The molecular weight excluding hydrogens is 338 g/mol. The van der Waals surface area contributed by atoms with Crippen LogP contribution in [-0.2, 0) is 14.3 Å². The third-order valence-electron chi connectivity index (χ3n) is 5.67. The van der Waals surface area contributed by atoms with Crippen LogP contribution in [0.5, 0.6) is 0 Å². The van der Waals surface area contributed by atoms with Crippen LogP contribution < -0.4 is 0 Å². The number of carbonyl (C=O) groups is 2. The van der Waals surface area contributed by atoms with Crippen molar-refractivity contribution in [3.05, 3.63) is 0 Å². The maximum atomic E-state index is 12.3. The monoisotopic (exact) mass is 381 g/mol. The first-order valence-electron chi connectivity index (χ1n) is 11.6. The van der Waals surface area contributed by atoms with E-state index in [1.54, 1.807) is 0 Å². The first kappa shape index (κ1) is 24.0. The second-order valence-electron chi connectivity index (χ2n) is 8.11. The van der Waals surface area contributed by atoms with E-state index in [1.165, 1.54) is 51.4 Å². The largest absolute Gasteiger partial charge is 0.465 e. The quantitative estimate of drug-likeness (QED) is 0.263. The Labute approximate surface area is 167 Å². The zero-order chi connectivity index (χ0) is 19.7. The number of nitrogens with zero attached hydrogens (tertiary/aromatic N) is 1. The van der Waals surface area contributed by atoms with Crippen LogP contribution in [0.3, 0.4) is 0 Å². The molecule has 1 amide bonds. The second-order valence-corrected chi connectivity index (χ2v) is 8.11. The predicted octanol–water partition coefficient (Wildman–Crippen LogP) is 5.88. The predicted molar refractivity (Wildman–Crippen MR) is 112 cm³/mol. The SMILES string of the molecule is CCCCCCCCCOC(=O)C1CCN(C(=O)CCCCCCC)CC1. The summed E-state index contributed by atoms with van der Waals surface area (Å²) in [6.07, 6.45) is 16.7. The lowest BCUT2D eigenvalue weighted by atomic mass is 9.96. The molecule has 0 spiro atoms. The van der Waals surface area contributed by atoms with Crippen molar-refractivity contribution in [2.24, 2.45) is 5.92 Å². The van der Waals surface area contributed by atoms with Gasteiger partial charge < -0.3 is 9.64 Å². The fraction of sp³-hybridized carbons (Fsp3) is 0.913. The average Bonchev–Trinajstić information content (AvgIpc) is 2.69. The van der Waals surface area contributed by atoms with Gasteiger partial charge in [0, 0.05) is 19.5 Å². The van der Waals surface area contributed by atoms with Gasteiger partial charge in [0.2, 0.25) is 5.91 Å². The van der Waals surface area contributed by atoms with E-state index < -0.39 is 0 Å². The van der Waals surface area contributed by atoms with Gasteiger partial charge in [-0.25, -0.2) is 0 Å². The van der Waals surface area contributed by atoms with Gasteiger partial charge >= 0.3 is 5.97 Å². The number of ether oxygens (including phenoxy) is 1. The highest BCUT2D eigenvalue weighted by molar-refractivity contribution is 5.77. The van der Waals surface area contributed by atoms with Gasteiger partial charge in [-0.15, -0.1) is 0 Å². The second kappa shape index (κ2) is 15.9. The minimum absolute atomic E-state index is 0.0110. The lowest BCUT2D eigenvalue weighted by Gasteiger charge is -2.31. The van der Waals surface area contributed by atoms with Gasteiger partial charge in [0.1, 0.15) is 0 Å². The summed E-state index contributed by atoms with van der Waals surface area (Å²) >= 11 is 0. The number of amides is 1. The standard InChI is InChI=1S/C23H43NO3/c1-3-5-7-9-10-12-14-20-27-23(26)21-16-18-24(19-17-21)22(25)15-13-11-8-6-4-2/h21H,3-20H2,1-2H3. The van der Waals surface area contributed by atoms with Crippen molar-refractivity contribution in [2.45, 2.75) is 110 Å². The van der Waals surface area contributed by atoms with E-state index in [0.717, 1.165) is 38.5 Å². The smallest absolute Gasteiger partial charge is 0.309 e. The Bertz CT molecular complexity index is 389. The molecule has 1 aliphatic heterocycles. The normalized spacial score (nSPS) is 15.1. The summed E-state index contributed by atoms with van der Waals surface area (Å²) in [7, 11) is 0. The number of esters is 1. The van der Waals surface area contributed by atoms with Gasteiger partial charge in [-0.2, -0.15) is 0 Å². The van der Waals surface area contributed by atoms with Crippen LogP contribution in [0.4, 0.5) is 0 Å². The Morgan fingerprint density at radius 3 is 1.89 bits per heavy atom. The fourth-order valence-corrected chi connectivity index (χ4v) is 3.75. The third kappa shape index (κ3) is 11.4. The molecule has 1 aliphatic rings. The summed E-state index contributed by atoms with van der Waals surface area (Å²) in [5.41, 5.74) is 0. The average molecular weight is 382 g/mol. The minimum Gasteiger partial charge on any atom is -0.465 e. The van der Waals surface area contributed by atoms with Crippen LogP contribution in [0.2, 0.25) is 0 Å². The molecule has 1 saturated heterocycles. The number of hydrogen-bond donors (Lipinski definition) is 0. The fourth-order valence-electron chi connectivity index (χ4n) is 3.75. The van der Waals surface area contributed by atoms with Crippen LogP contribution in [0.15, 0.2) is 0 Å². The van der Waals surface area contributed by atoms with Gasteiger partial charge in [0.25, 0.3) is 0 Å². The number of piperidine rings is 1. The first-order chi connectivity index (χ1) is 13.2. The Morgan fingerprint density at radius 2 is 1.30 bits per heavy atom. The van der Waals surface area contributed by atoms with Gasteiger partial charge in [0.15, 0.2) is 0 Å². The molecule has 4 heteroatoms. The van der Waals surface area contributed by atoms with Crippen LogP contribution >= 0.6 is 0 Å². The van der Waals surface area contributed by atoms with Crippen molar-refractivity contribution in [1.29, 1.82) is 0 Å². The summed E-state index contributed by atoms with van der Waals surface area (Å²) in [4.78, 5) is 26.4.